The molecule has 1 aromatic carbocycles. The summed E-state index contributed by atoms with van der Waals surface area (Å²) >= 11 is 3.37. The summed E-state index contributed by atoms with van der Waals surface area (Å²) in [4.78, 5) is 0.308. The molecule has 22 heavy (non-hydrogen) atoms. The Balaban J connectivity index is 0.00000242. The highest BCUT2D eigenvalue weighted by Gasteiger charge is 2.35. The third-order valence-electron chi connectivity index (χ3n) is 3.86. The number of ether oxygens (including phenoxy) is 1. The van der Waals surface area contributed by atoms with Gasteiger partial charge in [-0.05, 0) is 44.0 Å². The Morgan fingerprint density at radius 3 is 2.77 bits per heavy atom. The topological polar surface area (TPSA) is 67.4 Å². The Bertz CT molecular complexity index is 604. The van der Waals surface area contributed by atoms with E-state index in [0.29, 0.717) is 23.6 Å². The number of benzene rings is 1. The van der Waals surface area contributed by atoms with Gasteiger partial charge in [0.25, 0.3) is 0 Å². The van der Waals surface area contributed by atoms with Crippen molar-refractivity contribution in [3.63, 3.8) is 0 Å². The minimum Gasteiger partial charge on any atom is -0.383 e. The summed E-state index contributed by atoms with van der Waals surface area (Å²) < 4.78 is 33.8. The van der Waals surface area contributed by atoms with E-state index in [1.807, 2.05) is 6.07 Å². The molecule has 5 nitrogen and oxygen atoms in total. The number of methoxy groups -OCH3 is 1. The maximum absolute atomic E-state index is 12.5. The molecule has 1 unspecified atom stereocenters. The summed E-state index contributed by atoms with van der Waals surface area (Å²) in [6.07, 6.45) is 1.93. The molecule has 1 aliphatic rings. The lowest BCUT2D eigenvalue weighted by molar-refractivity contribution is 0.122. The van der Waals surface area contributed by atoms with E-state index < -0.39 is 10.0 Å². The molecule has 1 heterocycles. The highest BCUT2D eigenvalue weighted by Crippen LogP contribution is 2.24. The zero-order valence-corrected chi connectivity index (χ0v) is 15.9. The van der Waals surface area contributed by atoms with Crippen molar-refractivity contribution in [2.75, 3.05) is 26.8 Å². The molecule has 0 saturated carbocycles. The standard InChI is InChI=1S/C14H21BrN2O3S.ClH/c1-11-12(15)5-3-6-13(11)21(18,19)17-9-14(10-20-2)7-4-8-16-14;/h3,5-6,16-17H,4,7-10H2,1-2H3;1H. The average molecular weight is 414 g/mol. The zero-order chi connectivity index (χ0) is 15.5. The van der Waals surface area contributed by atoms with Crippen LogP contribution in [0.25, 0.3) is 0 Å². The summed E-state index contributed by atoms with van der Waals surface area (Å²) in [5, 5.41) is 3.36. The molecule has 2 N–H and O–H groups in total. The number of hydrogen-bond donors (Lipinski definition) is 2. The van der Waals surface area contributed by atoms with E-state index in [4.69, 9.17) is 4.74 Å². The van der Waals surface area contributed by atoms with Crippen molar-refractivity contribution < 1.29 is 13.2 Å². The molecule has 1 saturated heterocycles. The fraction of sp³-hybridized carbons (Fsp3) is 0.571. The molecule has 8 heteroatoms. The lowest BCUT2D eigenvalue weighted by Gasteiger charge is -2.29. The molecule has 126 valence electrons. The Kier molecular flexibility index (Phi) is 7.29. The summed E-state index contributed by atoms with van der Waals surface area (Å²) in [6.45, 7) is 3.50. The Morgan fingerprint density at radius 2 is 2.18 bits per heavy atom. The molecule has 0 spiro atoms. The van der Waals surface area contributed by atoms with Gasteiger partial charge in [0.05, 0.1) is 17.0 Å². The molecule has 0 aromatic heterocycles. The van der Waals surface area contributed by atoms with Gasteiger partial charge in [-0.1, -0.05) is 22.0 Å². The van der Waals surface area contributed by atoms with Crippen LogP contribution in [0.3, 0.4) is 0 Å². The van der Waals surface area contributed by atoms with E-state index in [0.717, 1.165) is 23.9 Å². The van der Waals surface area contributed by atoms with Gasteiger partial charge < -0.3 is 10.1 Å². The van der Waals surface area contributed by atoms with Crippen LogP contribution in [0, 0.1) is 6.92 Å². The minimum atomic E-state index is -3.53. The second-order valence-corrected chi connectivity index (χ2v) is 8.02. The lowest BCUT2D eigenvalue weighted by atomic mass is 9.99. The van der Waals surface area contributed by atoms with Crippen LogP contribution in [0.2, 0.25) is 0 Å². The second-order valence-electron chi connectivity index (χ2n) is 5.43. The maximum Gasteiger partial charge on any atom is 0.240 e. The third-order valence-corrected chi connectivity index (χ3v) is 6.27. The van der Waals surface area contributed by atoms with Crippen molar-refractivity contribution in [1.82, 2.24) is 10.0 Å². The van der Waals surface area contributed by atoms with Gasteiger partial charge in [-0.2, -0.15) is 0 Å². The monoisotopic (exact) mass is 412 g/mol. The van der Waals surface area contributed by atoms with Gasteiger partial charge in [0, 0.05) is 18.1 Å². The van der Waals surface area contributed by atoms with Crippen LogP contribution < -0.4 is 10.0 Å². The molecule has 0 aliphatic carbocycles. The average Bonchev–Trinajstić information content (AvgIpc) is 2.89. The van der Waals surface area contributed by atoms with Crippen LogP contribution in [0.5, 0.6) is 0 Å². The molecule has 0 amide bonds. The Morgan fingerprint density at radius 1 is 1.45 bits per heavy atom. The summed E-state index contributed by atoms with van der Waals surface area (Å²) in [6, 6.07) is 5.18. The van der Waals surface area contributed by atoms with Crippen molar-refractivity contribution in [1.29, 1.82) is 0 Å². The zero-order valence-electron chi connectivity index (χ0n) is 12.7. The Labute approximate surface area is 146 Å². The Hall–Kier alpha value is -0.180. The van der Waals surface area contributed by atoms with Crippen LogP contribution in [-0.4, -0.2) is 40.8 Å². The van der Waals surface area contributed by atoms with Crippen LogP contribution in [-0.2, 0) is 14.8 Å². The molecular weight excluding hydrogens is 392 g/mol. The predicted octanol–water partition coefficient (Wildman–Crippen LogP) is 2.23. The number of rotatable bonds is 6. The van der Waals surface area contributed by atoms with Gasteiger partial charge in [-0.3, -0.25) is 0 Å². The number of halogens is 2. The SMILES string of the molecule is COCC1(CNS(=O)(=O)c2cccc(Br)c2C)CCCN1.Cl. The first-order valence-corrected chi connectivity index (χ1v) is 9.17. The van der Waals surface area contributed by atoms with Crippen molar-refractivity contribution >= 4 is 38.4 Å². The number of hydrogen-bond acceptors (Lipinski definition) is 4. The van der Waals surface area contributed by atoms with Gasteiger partial charge in [0.1, 0.15) is 0 Å². The van der Waals surface area contributed by atoms with Crippen LogP contribution >= 0.6 is 28.3 Å². The van der Waals surface area contributed by atoms with Crippen LogP contribution in [0.4, 0.5) is 0 Å². The van der Waals surface area contributed by atoms with E-state index in [2.05, 4.69) is 26.0 Å². The minimum absolute atomic E-state index is 0. The fourth-order valence-electron chi connectivity index (χ4n) is 2.66. The molecule has 1 fully saturated rings. The molecular formula is C14H22BrClN2O3S. The molecule has 1 aromatic rings. The summed E-state index contributed by atoms with van der Waals surface area (Å²) in [5.41, 5.74) is 0.409. The smallest absolute Gasteiger partial charge is 0.240 e. The fourth-order valence-corrected chi connectivity index (χ4v) is 4.55. The van der Waals surface area contributed by atoms with E-state index >= 15 is 0 Å². The largest absolute Gasteiger partial charge is 0.383 e. The van der Waals surface area contributed by atoms with Gasteiger partial charge in [0.2, 0.25) is 10.0 Å². The van der Waals surface area contributed by atoms with E-state index in [9.17, 15) is 8.42 Å². The first kappa shape index (κ1) is 19.9. The van der Waals surface area contributed by atoms with E-state index in [-0.39, 0.29) is 17.9 Å². The van der Waals surface area contributed by atoms with E-state index in [1.54, 1.807) is 26.2 Å². The first-order valence-electron chi connectivity index (χ1n) is 6.89. The number of nitrogens with one attached hydrogen (secondary N) is 2. The van der Waals surface area contributed by atoms with Gasteiger partial charge in [0.15, 0.2) is 0 Å². The van der Waals surface area contributed by atoms with Crippen LogP contribution in [0.15, 0.2) is 27.6 Å². The summed E-state index contributed by atoms with van der Waals surface area (Å²) in [7, 11) is -1.90. The van der Waals surface area contributed by atoms with Crippen LogP contribution in [0.1, 0.15) is 18.4 Å². The maximum atomic E-state index is 12.5. The highest BCUT2D eigenvalue weighted by atomic mass is 79.9. The van der Waals surface area contributed by atoms with Gasteiger partial charge in [-0.25, -0.2) is 13.1 Å². The van der Waals surface area contributed by atoms with Gasteiger partial charge in [-0.15, -0.1) is 12.4 Å². The molecule has 1 aliphatic heterocycles. The highest BCUT2D eigenvalue weighted by molar-refractivity contribution is 9.10. The third kappa shape index (κ3) is 4.43. The van der Waals surface area contributed by atoms with Crippen molar-refractivity contribution in [2.24, 2.45) is 0 Å². The molecule has 0 radical (unpaired) electrons. The molecule has 2 rings (SSSR count). The van der Waals surface area contributed by atoms with Crippen molar-refractivity contribution in [2.45, 2.75) is 30.2 Å². The van der Waals surface area contributed by atoms with Crippen molar-refractivity contribution in [3.8, 4) is 0 Å². The normalized spacial score (nSPS) is 21.6. The second kappa shape index (κ2) is 8.08. The van der Waals surface area contributed by atoms with E-state index in [1.165, 1.54) is 0 Å². The molecule has 1 atom stereocenters. The number of sulfonamides is 1. The quantitative estimate of drug-likeness (QED) is 0.750. The van der Waals surface area contributed by atoms with Gasteiger partial charge >= 0.3 is 0 Å². The molecule has 0 bridgehead atoms. The first-order chi connectivity index (χ1) is 9.90. The predicted molar refractivity (Wildman–Crippen MR) is 93.2 cm³/mol. The lowest BCUT2D eigenvalue weighted by Crippen LogP contribution is -2.52. The summed E-state index contributed by atoms with van der Waals surface area (Å²) in [5.74, 6) is 0. The van der Waals surface area contributed by atoms with Crippen molar-refractivity contribution in [3.05, 3.63) is 28.2 Å².